The number of hydrogen-bond acceptors (Lipinski definition) is 5. The van der Waals surface area contributed by atoms with Crippen LogP contribution >= 0.6 is 23.5 Å². The molecule has 2 amide bonds. The Bertz CT molecular complexity index is 701. The zero-order chi connectivity index (χ0) is 16.9. The first kappa shape index (κ1) is 17.2. The molecule has 2 aromatic rings. The van der Waals surface area contributed by atoms with E-state index in [1.807, 2.05) is 30.5 Å². The highest BCUT2D eigenvalue weighted by atomic mass is 32.2. The Morgan fingerprint density at radius 1 is 1.50 bits per heavy atom. The van der Waals surface area contributed by atoms with E-state index >= 15 is 0 Å². The number of benzene rings is 1. The summed E-state index contributed by atoms with van der Waals surface area (Å²) in [6.45, 7) is 0.113. The number of aromatic nitrogens is 2. The molecule has 3 rings (SSSR count). The van der Waals surface area contributed by atoms with Gasteiger partial charge in [0.05, 0.1) is 28.7 Å². The molecule has 24 heavy (non-hydrogen) atoms. The maximum atomic E-state index is 12.3. The Morgan fingerprint density at radius 2 is 2.33 bits per heavy atom. The Balaban J connectivity index is 1.70. The maximum absolute atomic E-state index is 12.3. The molecule has 1 aromatic carbocycles. The van der Waals surface area contributed by atoms with Gasteiger partial charge in [-0.1, -0.05) is 12.1 Å². The maximum Gasteiger partial charge on any atom is 0.240 e. The summed E-state index contributed by atoms with van der Waals surface area (Å²) in [6.07, 6.45) is 2.83. The quantitative estimate of drug-likeness (QED) is 0.786. The molecule has 1 atom stereocenters. The van der Waals surface area contributed by atoms with E-state index in [1.54, 1.807) is 16.7 Å². The highest BCUT2D eigenvalue weighted by Gasteiger charge is 2.25. The van der Waals surface area contributed by atoms with E-state index in [-0.39, 0.29) is 24.4 Å². The minimum Gasteiger partial charge on any atom is -0.345 e. The molecule has 0 radical (unpaired) electrons. The molecule has 6 nitrogen and oxygen atoms in total. The molecule has 2 heterocycles. The van der Waals surface area contributed by atoms with Gasteiger partial charge in [0.1, 0.15) is 12.4 Å². The molecule has 128 valence electrons. The van der Waals surface area contributed by atoms with Gasteiger partial charge in [0, 0.05) is 0 Å². The van der Waals surface area contributed by atoms with Gasteiger partial charge in [-0.25, -0.2) is 4.98 Å². The van der Waals surface area contributed by atoms with Crippen molar-refractivity contribution in [2.24, 2.45) is 0 Å². The molecule has 1 aliphatic heterocycles. The molecule has 2 N–H and O–H groups in total. The van der Waals surface area contributed by atoms with Crippen LogP contribution in [0.25, 0.3) is 11.0 Å². The van der Waals surface area contributed by atoms with Crippen LogP contribution in [0.1, 0.15) is 18.3 Å². The van der Waals surface area contributed by atoms with Crippen LogP contribution in [0.4, 0.5) is 0 Å². The van der Waals surface area contributed by atoms with Gasteiger partial charge in [-0.2, -0.15) is 11.8 Å². The molecule has 1 saturated heterocycles. The number of aromatic amines is 1. The first-order valence-electron chi connectivity index (χ1n) is 7.76. The number of nitrogens with zero attached hydrogens (tertiary/aromatic N) is 2. The Labute approximate surface area is 149 Å². The zero-order valence-corrected chi connectivity index (χ0v) is 15.1. The molecule has 0 aliphatic carbocycles. The zero-order valence-electron chi connectivity index (χ0n) is 13.4. The van der Waals surface area contributed by atoms with Gasteiger partial charge in [0.25, 0.3) is 0 Å². The molecule has 1 unspecified atom stereocenters. The van der Waals surface area contributed by atoms with Gasteiger partial charge in [0.15, 0.2) is 0 Å². The molecular weight excluding hydrogens is 344 g/mol. The summed E-state index contributed by atoms with van der Waals surface area (Å²) >= 11 is 3.27. The molecular formula is C16H20N4O2S2. The Kier molecular flexibility index (Phi) is 5.68. The van der Waals surface area contributed by atoms with Crippen LogP contribution in [0.2, 0.25) is 0 Å². The van der Waals surface area contributed by atoms with Crippen molar-refractivity contribution in [3.05, 3.63) is 30.1 Å². The van der Waals surface area contributed by atoms with Crippen LogP contribution < -0.4 is 5.32 Å². The van der Waals surface area contributed by atoms with Crippen LogP contribution in [-0.2, 0) is 9.59 Å². The summed E-state index contributed by atoms with van der Waals surface area (Å²) in [6, 6.07) is 7.64. The SMILES string of the molecule is CSCCC(NC(=O)CN1CSCC1=O)c1nc2ccccc2[nH]1. The topological polar surface area (TPSA) is 78.1 Å². The first-order valence-corrected chi connectivity index (χ1v) is 10.3. The molecule has 1 aliphatic rings. The van der Waals surface area contributed by atoms with Gasteiger partial charge < -0.3 is 15.2 Å². The van der Waals surface area contributed by atoms with Crippen LogP contribution in [0.5, 0.6) is 0 Å². The number of fused-ring (bicyclic) bond motifs is 1. The van der Waals surface area contributed by atoms with Crippen molar-refractivity contribution in [3.63, 3.8) is 0 Å². The van der Waals surface area contributed by atoms with Crippen LogP contribution in [0.3, 0.4) is 0 Å². The summed E-state index contributed by atoms with van der Waals surface area (Å²) in [4.78, 5) is 33.5. The van der Waals surface area contributed by atoms with E-state index in [2.05, 4.69) is 15.3 Å². The Hall–Kier alpha value is -1.67. The van der Waals surface area contributed by atoms with Gasteiger partial charge in [-0.3, -0.25) is 9.59 Å². The second kappa shape index (κ2) is 7.94. The van der Waals surface area contributed by atoms with E-state index in [1.165, 1.54) is 11.8 Å². The molecule has 8 heteroatoms. The number of carbonyl (C=O) groups excluding carboxylic acids is 2. The van der Waals surface area contributed by atoms with E-state index < -0.39 is 0 Å². The average Bonchev–Trinajstić information content (AvgIpc) is 3.17. The third kappa shape index (κ3) is 4.05. The number of rotatable bonds is 7. The lowest BCUT2D eigenvalue weighted by Crippen LogP contribution is -2.40. The third-order valence-corrected chi connectivity index (χ3v) is 5.43. The fraction of sp³-hybridized carbons (Fsp3) is 0.438. The number of amides is 2. The van der Waals surface area contributed by atoms with E-state index in [0.717, 1.165) is 29.0 Å². The number of carbonyl (C=O) groups is 2. The molecule has 0 saturated carbocycles. The van der Waals surface area contributed by atoms with Crippen molar-refractivity contribution in [3.8, 4) is 0 Å². The minimum atomic E-state index is -0.178. The lowest BCUT2D eigenvalue weighted by molar-refractivity contribution is -0.132. The second-order valence-electron chi connectivity index (χ2n) is 5.61. The predicted molar refractivity (Wildman–Crippen MR) is 99.0 cm³/mol. The van der Waals surface area contributed by atoms with Gasteiger partial charge in [-0.15, -0.1) is 11.8 Å². The largest absolute Gasteiger partial charge is 0.345 e. The summed E-state index contributed by atoms with van der Waals surface area (Å²) < 4.78 is 0. The molecule has 1 fully saturated rings. The molecule has 0 bridgehead atoms. The smallest absolute Gasteiger partial charge is 0.240 e. The lowest BCUT2D eigenvalue weighted by atomic mass is 10.2. The predicted octanol–water partition coefficient (Wildman–Crippen LogP) is 2.01. The van der Waals surface area contributed by atoms with E-state index in [0.29, 0.717) is 11.6 Å². The van der Waals surface area contributed by atoms with Crippen molar-refractivity contribution >= 4 is 46.4 Å². The van der Waals surface area contributed by atoms with Gasteiger partial charge in [-0.05, 0) is 30.6 Å². The number of hydrogen-bond donors (Lipinski definition) is 2. The summed E-state index contributed by atoms with van der Waals surface area (Å²) in [5.41, 5.74) is 1.85. The standard InChI is InChI=1S/C16H20N4O2S2/c1-23-7-6-13(16-18-11-4-2-3-5-12(11)19-16)17-14(21)8-20-10-24-9-15(20)22/h2-5,13H,6-10H2,1H3,(H,17,21)(H,18,19). The monoisotopic (exact) mass is 364 g/mol. The number of para-hydroxylation sites is 2. The van der Waals surface area contributed by atoms with Crippen LogP contribution in [0.15, 0.2) is 24.3 Å². The second-order valence-corrected chi connectivity index (χ2v) is 7.55. The normalized spacial score (nSPS) is 15.9. The van der Waals surface area contributed by atoms with Crippen molar-refractivity contribution in [1.29, 1.82) is 0 Å². The van der Waals surface area contributed by atoms with Crippen molar-refractivity contribution in [2.75, 3.05) is 30.2 Å². The van der Waals surface area contributed by atoms with Gasteiger partial charge >= 0.3 is 0 Å². The van der Waals surface area contributed by atoms with Crippen molar-refractivity contribution in [2.45, 2.75) is 12.5 Å². The lowest BCUT2D eigenvalue weighted by Gasteiger charge is -2.19. The minimum absolute atomic E-state index is 0.0274. The summed E-state index contributed by atoms with van der Waals surface area (Å²) in [5.74, 6) is 2.62. The molecule has 0 spiro atoms. The van der Waals surface area contributed by atoms with Crippen molar-refractivity contribution < 1.29 is 9.59 Å². The Morgan fingerprint density at radius 3 is 3.04 bits per heavy atom. The number of nitrogens with one attached hydrogen (secondary N) is 2. The number of thioether (sulfide) groups is 2. The fourth-order valence-electron chi connectivity index (χ4n) is 2.60. The highest BCUT2D eigenvalue weighted by Crippen LogP contribution is 2.20. The average molecular weight is 364 g/mol. The van der Waals surface area contributed by atoms with Crippen molar-refractivity contribution in [1.82, 2.24) is 20.2 Å². The van der Waals surface area contributed by atoms with Crippen LogP contribution in [0, 0.1) is 0 Å². The summed E-state index contributed by atoms with van der Waals surface area (Å²) in [7, 11) is 0. The van der Waals surface area contributed by atoms with Gasteiger partial charge in [0.2, 0.25) is 11.8 Å². The third-order valence-electron chi connectivity index (χ3n) is 3.84. The first-order chi connectivity index (χ1) is 11.7. The number of H-pyrrole nitrogens is 1. The highest BCUT2D eigenvalue weighted by molar-refractivity contribution is 8.00. The number of imidazole rings is 1. The van der Waals surface area contributed by atoms with Crippen LogP contribution in [-0.4, -0.2) is 56.9 Å². The fourth-order valence-corrected chi connectivity index (χ4v) is 3.98. The summed E-state index contributed by atoms with van der Waals surface area (Å²) in [5, 5.41) is 3.03. The van der Waals surface area contributed by atoms with E-state index in [9.17, 15) is 9.59 Å². The van der Waals surface area contributed by atoms with E-state index in [4.69, 9.17) is 0 Å². The molecule has 1 aromatic heterocycles.